The topological polar surface area (TPSA) is 46.5 Å². The molecule has 0 unspecified atom stereocenters. The van der Waals surface area contributed by atoms with Crippen molar-refractivity contribution in [1.29, 1.82) is 0 Å². The minimum absolute atomic E-state index is 0.157. The summed E-state index contributed by atoms with van der Waals surface area (Å²) in [6.07, 6.45) is 0. The van der Waals surface area contributed by atoms with Crippen molar-refractivity contribution in [2.45, 2.75) is 26.2 Å². The van der Waals surface area contributed by atoms with Crippen LogP contribution >= 0.6 is 0 Å². The molecular formula is C12H16O3. The zero-order valence-electron chi connectivity index (χ0n) is 9.28. The summed E-state index contributed by atoms with van der Waals surface area (Å²) in [5.41, 5.74) is 0.0234. The van der Waals surface area contributed by atoms with E-state index in [4.69, 9.17) is 4.74 Å². The summed E-state index contributed by atoms with van der Waals surface area (Å²) in [4.78, 5) is 11.7. The van der Waals surface area contributed by atoms with Crippen LogP contribution < -0.4 is 0 Å². The number of phenols is 1. The van der Waals surface area contributed by atoms with Gasteiger partial charge in [0.15, 0.2) is 0 Å². The Morgan fingerprint density at radius 1 is 1.47 bits per heavy atom. The fourth-order valence-corrected chi connectivity index (χ4v) is 1.32. The number of rotatable bonds is 3. The molecule has 82 valence electrons. The van der Waals surface area contributed by atoms with Crippen molar-refractivity contribution in [3.63, 3.8) is 0 Å². The van der Waals surface area contributed by atoms with Crippen LogP contribution in [0.3, 0.4) is 0 Å². The molecule has 1 aromatic carbocycles. The third-order valence-corrected chi connectivity index (χ3v) is 2.35. The maximum Gasteiger partial charge on any atom is 0.315 e. The number of carbonyl (C=O) groups excluding carboxylic acids is 1. The van der Waals surface area contributed by atoms with Crippen LogP contribution in [0, 0.1) is 0 Å². The monoisotopic (exact) mass is 208 g/mol. The summed E-state index contributed by atoms with van der Waals surface area (Å²) in [6, 6.07) is 6.67. The Morgan fingerprint density at radius 3 is 2.67 bits per heavy atom. The predicted molar refractivity (Wildman–Crippen MR) is 57.8 cm³/mol. The first-order valence-corrected chi connectivity index (χ1v) is 4.95. The van der Waals surface area contributed by atoms with Crippen molar-refractivity contribution in [2.75, 3.05) is 6.61 Å². The molecule has 1 rings (SSSR count). The molecule has 0 spiro atoms. The third kappa shape index (κ3) is 2.49. The fourth-order valence-electron chi connectivity index (χ4n) is 1.32. The molecule has 0 heterocycles. The van der Waals surface area contributed by atoms with E-state index in [0.29, 0.717) is 6.61 Å². The highest BCUT2D eigenvalue weighted by atomic mass is 16.5. The Balaban J connectivity index is 2.99. The van der Waals surface area contributed by atoms with Crippen LogP contribution in [0.2, 0.25) is 0 Å². The molecule has 1 N–H and O–H groups in total. The molecule has 0 bridgehead atoms. The smallest absolute Gasteiger partial charge is 0.315 e. The van der Waals surface area contributed by atoms with E-state index in [2.05, 4.69) is 0 Å². The van der Waals surface area contributed by atoms with Gasteiger partial charge in [0.1, 0.15) is 5.75 Å². The largest absolute Gasteiger partial charge is 0.508 e. The van der Waals surface area contributed by atoms with Crippen molar-refractivity contribution >= 4 is 5.97 Å². The van der Waals surface area contributed by atoms with Crippen molar-refractivity contribution in [3.05, 3.63) is 29.8 Å². The first kappa shape index (κ1) is 11.6. The SMILES string of the molecule is CCOC(=O)C(C)(C)c1cccc(O)c1. The van der Waals surface area contributed by atoms with E-state index < -0.39 is 5.41 Å². The van der Waals surface area contributed by atoms with Gasteiger partial charge in [0.05, 0.1) is 12.0 Å². The molecule has 0 aromatic heterocycles. The van der Waals surface area contributed by atoms with Crippen LogP contribution in [0.1, 0.15) is 26.3 Å². The average Bonchev–Trinajstić information content (AvgIpc) is 2.18. The second-order valence-electron chi connectivity index (χ2n) is 3.90. The maximum atomic E-state index is 11.7. The second kappa shape index (κ2) is 4.34. The molecule has 0 radical (unpaired) electrons. The molecule has 0 amide bonds. The van der Waals surface area contributed by atoms with E-state index in [1.165, 1.54) is 0 Å². The number of benzene rings is 1. The molecule has 0 fully saturated rings. The molecule has 3 heteroatoms. The van der Waals surface area contributed by atoms with Gasteiger partial charge in [-0.1, -0.05) is 12.1 Å². The van der Waals surface area contributed by atoms with Crippen molar-refractivity contribution in [3.8, 4) is 5.75 Å². The molecule has 0 saturated carbocycles. The third-order valence-electron chi connectivity index (χ3n) is 2.35. The van der Waals surface area contributed by atoms with E-state index in [1.807, 2.05) is 0 Å². The number of ether oxygens (including phenoxy) is 1. The summed E-state index contributed by atoms with van der Waals surface area (Å²) in [7, 11) is 0. The Morgan fingerprint density at radius 2 is 2.13 bits per heavy atom. The lowest BCUT2D eigenvalue weighted by atomic mass is 9.85. The summed E-state index contributed by atoms with van der Waals surface area (Å²) < 4.78 is 4.98. The van der Waals surface area contributed by atoms with E-state index in [9.17, 15) is 9.90 Å². The van der Waals surface area contributed by atoms with Gasteiger partial charge in [0.25, 0.3) is 0 Å². The lowest BCUT2D eigenvalue weighted by Crippen LogP contribution is -2.31. The standard InChI is InChI=1S/C12H16O3/c1-4-15-11(14)12(2,3)9-6-5-7-10(13)8-9/h5-8,13H,4H2,1-3H3. The minimum Gasteiger partial charge on any atom is -0.508 e. The first-order chi connectivity index (χ1) is 6.98. The van der Waals surface area contributed by atoms with Gasteiger partial charge in [-0.15, -0.1) is 0 Å². The van der Waals surface area contributed by atoms with Gasteiger partial charge in [-0.25, -0.2) is 0 Å². The molecule has 3 nitrogen and oxygen atoms in total. The molecule has 0 aliphatic heterocycles. The van der Waals surface area contributed by atoms with Crippen LogP contribution in [0.15, 0.2) is 24.3 Å². The second-order valence-corrected chi connectivity index (χ2v) is 3.90. The number of hydrogen-bond donors (Lipinski definition) is 1. The number of carbonyl (C=O) groups is 1. The highest BCUT2D eigenvalue weighted by Gasteiger charge is 2.31. The summed E-state index contributed by atoms with van der Waals surface area (Å²) >= 11 is 0. The lowest BCUT2D eigenvalue weighted by Gasteiger charge is -2.22. The highest BCUT2D eigenvalue weighted by Crippen LogP contribution is 2.27. The van der Waals surface area contributed by atoms with Gasteiger partial charge in [0.2, 0.25) is 0 Å². The molecule has 1 aromatic rings. The summed E-state index contributed by atoms with van der Waals surface area (Å²) in [5, 5.41) is 9.34. The van der Waals surface area contributed by atoms with E-state index in [1.54, 1.807) is 45.0 Å². The van der Waals surface area contributed by atoms with Gasteiger partial charge in [-0.3, -0.25) is 4.79 Å². The van der Waals surface area contributed by atoms with Gasteiger partial charge in [-0.05, 0) is 38.5 Å². The molecule has 0 aliphatic carbocycles. The van der Waals surface area contributed by atoms with Crippen molar-refractivity contribution in [1.82, 2.24) is 0 Å². The van der Waals surface area contributed by atoms with Gasteiger partial charge in [-0.2, -0.15) is 0 Å². The van der Waals surface area contributed by atoms with Crippen LogP contribution in [-0.2, 0) is 14.9 Å². The number of hydrogen-bond acceptors (Lipinski definition) is 3. The normalized spacial score (nSPS) is 11.1. The van der Waals surface area contributed by atoms with Crippen LogP contribution in [0.5, 0.6) is 5.75 Å². The number of phenolic OH excluding ortho intramolecular Hbond substituents is 1. The number of aromatic hydroxyl groups is 1. The summed E-state index contributed by atoms with van der Waals surface area (Å²) in [5.74, 6) is -0.125. The van der Waals surface area contributed by atoms with E-state index in [-0.39, 0.29) is 11.7 Å². The lowest BCUT2D eigenvalue weighted by molar-refractivity contribution is -0.148. The zero-order chi connectivity index (χ0) is 11.5. The quantitative estimate of drug-likeness (QED) is 0.775. The molecule has 15 heavy (non-hydrogen) atoms. The Hall–Kier alpha value is -1.51. The van der Waals surface area contributed by atoms with Crippen LogP contribution in [0.25, 0.3) is 0 Å². The fraction of sp³-hybridized carbons (Fsp3) is 0.417. The Labute approximate surface area is 89.7 Å². The van der Waals surface area contributed by atoms with Gasteiger partial charge >= 0.3 is 5.97 Å². The number of esters is 1. The zero-order valence-corrected chi connectivity index (χ0v) is 9.28. The molecule has 0 atom stereocenters. The highest BCUT2D eigenvalue weighted by molar-refractivity contribution is 5.82. The Kier molecular flexibility index (Phi) is 3.35. The van der Waals surface area contributed by atoms with Gasteiger partial charge in [0, 0.05) is 0 Å². The minimum atomic E-state index is -0.727. The van der Waals surface area contributed by atoms with Crippen molar-refractivity contribution in [2.24, 2.45) is 0 Å². The van der Waals surface area contributed by atoms with E-state index >= 15 is 0 Å². The van der Waals surface area contributed by atoms with Crippen molar-refractivity contribution < 1.29 is 14.6 Å². The molecule has 0 saturated heterocycles. The van der Waals surface area contributed by atoms with Crippen LogP contribution in [-0.4, -0.2) is 17.7 Å². The first-order valence-electron chi connectivity index (χ1n) is 4.95. The van der Waals surface area contributed by atoms with Gasteiger partial charge < -0.3 is 9.84 Å². The molecule has 0 aliphatic rings. The maximum absolute atomic E-state index is 11.7. The van der Waals surface area contributed by atoms with Crippen LogP contribution in [0.4, 0.5) is 0 Å². The Bertz CT molecular complexity index is 356. The average molecular weight is 208 g/mol. The predicted octanol–water partition coefficient (Wildman–Crippen LogP) is 2.23. The van der Waals surface area contributed by atoms with E-state index in [0.717, 1.165) is 5.56 Å². The molecular weight excluding hydrogens is 192 g/mol. The summed E-state index contributed by atoms with van der Waals surface area (Å²) in [6.45, 7) is 5.69.